The summed E-state index contributed by atoms with van der Waals surface area (Å²) >= 11 is 1.36. The highest BCUT2D eigenvalue weighted by atomic mass is 32.1. The number of thiophene rings is 1. The van der Waals surface area contributed by atoms with Crippen LogP contribution in [0.5, 0.6) is 11.5 Å². The number of rotatable bonds is 7. The molecule has 0 aliphatic rings. The van der Waals surface area contributed by atoms with E-state index in [4.69, 9.17) is 9.47 Å². The van der Waals surface area contributed by atoms with E-state index in [1.165, 1.54) is 11.3 Å². The lowest BCUT2D eigenvalue weighted by atomic mass is 10.1. The molecule has 0 aliphatic carbocycles. The molecule has 7 heteroatoms. The molecule has 2 aromatic carbocycles. The highest BCUT2D eigenvalue weighted by molar-refractivity contribution is 7.12. The monoisotopic (exact) mass is 410 g/mol. The Morgan fingerprint density at radius 2 is 1.79 bits per heavy atom. The van der Waals surface area contributed by atoms with E-state index in [1.807, 2.05) is 24.4 Å². The Labute approximate surface area is 173 Å². The Morgan fingerprint density at radius 3 is 2.48 bits per heavy atom. The van der Waals surface area contributed by atoms with Crippen molar-refractivity contribution in [2.24, 2.45) is 0 Å². The van der Waals surface area contributed by atoms with Crippen LogP contribution in [0.2, 0.25) is 0 Å². The summed E-state index contributed by atoms with van der Waals surface area (Å²) in [6.45, 7) is 1.87. The molecule has 0 spiro atoms. The minimum atomic E-state index is -0.308. The van der Waals surface area contributed by atoms with E-state index < -0.39 is 0 Å². The predicted molar refractivity (Wildman–Crippen MR) is 114 cm³/mol. The van der Waals surface area contributed by atoms with Gasteiger partial charge in [-0.25, -0.2) is 0 Å². The van der Waals surface area contributed by atoms with Crippen LogP contribution in [0.1, 0.15) is 38.6 Å². The molecule has 150 valence electrons. The third-order valence-electron chi connectivity index (χ3n) is 4.38. The van der Waals surface area contributed by atoms with Gasteiger partial charge in [0.15, 0.2) is 0 Å². The maximum atomic E-state index is 12.8. The standard InChI is InChI=1S/C22H22N2O4S/c1-14(18-13-17(27-2)9-10-19(18)28-3)23-21(25)15-6-4-7-16(12-15)24-22(26)20-8-5-11-29-20/h4-14H,1-3H3,(H,23,25)(H,24,26)/t14-/m1/s1. The van der Waals surface area contributed by atoms with Crippen molar-refractivity contribution in [2.75, 3.05) is 19.5 Å². The zero-order chi connectivity index (χ0) is 20.8. The smallest absolute Gasteiger partial charge is 0.265 e. The first kappa shape index (κ1) is 20.4. The van der Waals surface area contributed by atoms with Crippen LogP contribution in [0.4, 0.5) is 5.69 Å². The van der Waals surface area contributed by atoms with Gasteiger partial charge >= 0.3 is 0 Å². The van der Waals surface area contributed by atoms with E-state index >= 15 is 0 Å². The Balaban J connectivity index is 1.73. The van der Waals surface area contributed by atoms with Gasteiger partial charge in [-0.15, -0.1) is 11.3 Å². The van der Waals surface area contributed by atoms with E-state index in [9.17, 15) is 9.59 Å². The van der Waals surface area contributed by atoms with Crippen molar-refractivity contribution in [3.8, 4) is 11.5 Å². The number of ether oxygens (including phenoxy) is 2. The van der Waals surface area contributed by atoms with Gasteiger partial charge in [0.25, 0.3) is 11.8 Å². The number of hydrogen-bond donors (Lipinski definition) is 2. The molecule has 1 atom stereocenters. The Bertz CT molecular complexity index is 1000. The van der Waals surface area contributed by atoms with Crippen molar-refractivity contribution in [2.45, 2.75) is 13.0 Å². The number of amides is 2. The summed E-state index contributed by atoms with van der Waals surface area (Å²) in [6, 6.07) is 15.5. The molecule has 0 radical (unpaired) electrons. The molecule has 3 rings (SSSR count). The fourth-order valence-corrected chi connectivity index (χ4v) is 3.49. The summed E-state index contributed by atoms with van der Waals surface area (Å²) in [5.74, 6) is 0.886. The van der Waals surface area contributed by atoms with Gasteiger partial charge in [0.1, 0.15) is 11.5 Å². The number of benzene rings is 2. The summed E-state index contributed by atoms with van der Waals surface area (Å²) in [4.78, 5) is 25.6. The van der Waals surface area contributed by atoms with Gasteiger partial charge in [0, 0.05) is 16.8 Å². The quantitative estimate of drug-likeness (QED) is 0.601. The lowest BCUT2D eigenvalue weighted by molar-refractivity contribution is 0.0938. The molecule has 1 heterocycles. The van der Waals surface area contributed by atoms with Gasteiger partial charge in [0.2, 0.25) is 0 Å². The normalized spacial score (nSPS) is 11.4. The van der Waals surface area contributed by atoms with E-state index in [-0.39, 0.29) is 17.9 Å². The fourth-order valence-electron chi connectivity index (χ4n) is 2.87. The molecule has 0 aliphatic heterocycles. The van der Waals surface area contributed by atoms with Crippen LogP contribution in [-0.2, 0) is 0 Å². The molecule has 1 aromatic heterocycles. The van der Waals surface area contributed by atoms with Gasteiger partial charge in [-0.1, -0.05) is 12.1 Å². The number of anilines is 1. The Kier molecular flexibility index (Phi) is 6.51. The van der Waals surface area contributed by atoms with Gasteiger partial charge in [0.05, 0.1) is 25.1 Å². The molecule has 3 aromatic rings. The van der Waals surface area contributed by atoms with Crippen molar-refractivity contribution < 1.29 is 19.1 Å². The average molecular weight is 410 g/mol. The molecule has 2 amide bonds. The first-order chi connectivity index (χ1) is 14.0. The number of hydrogen-bond acceptors (Lipinski definition) is 5. The van der Waals surface area contributed by atoms with E-state index in [0.717, 1.165) is 5.56 Å². The predicted octanol–water partition coefficient (Wildman–Crippen LogP) is 4.51. The fraction of sp³-hybridized carbons (Fsp3) is 0.182. The lowest BCUT2D eigenvalue weighted by Gasteiger charge is -2.18. The van der Waals surface area contributed by atoms with Crippen molar-refractivity contribution >= 4 is 28.8 Å². The molecule has 0 fully saturated rings. The Morgan fingerprint density at radius 1 is 0.966 bits per heavy atom. The van der Waals surface area contributed by atoms with Crippen LogP contribution in [0, 0.1) is 0 Å². The number of carbonyl (C=O) groups excluding carboxylic acids is 2. The average Bonchev–Trinajstić information content (AvgIpc) is 3.28. The zero-order valence-corrected chi connectivity index (χ0v) is 17.2. The minimum absolute atomic E-state index is 0.202. The van der Waals surface area contributed by atoms with Crippen LogP contribution in [0.3, 0.4) is 0 Å². The number of carbonyl (C=O) groups is 2. The molecule has 0 saturated carbocycles. The zero-order valence-electron chi connectivity index (χ0n) is 16.4. The van der Waals surface area contributed by atoms with E-state index in [0.29, 0.717) is 27.6 Å². The summed E-state index contributed by atoms with van der Waals surface area (Å²) in [5, 5.41) is 7.61. The van der Waals surface area contributed by atoms with E-state index in [2.05, 4.69) is 10.6 Å². The molecule has 6 nitrogen and oxygen atoms in total. The van der Waals surface area contributed by atoms with Crippen LogP contribution < -0.4 is 20.1 Å². The van der Waals surface area contributed by atoms with Crippen LogP contribution in [0.15, 0.2) is 60.0 Å². The lowest BCUT2D eigenvalue weighted by Crippen LogP contribution is -2.27. The van der Waals surface area contributed by atoms with E-state index in [1.54, 1.807) is 56.7 Å². The minimum Gasteiger partial charge on any atom is -0.497 e. The maximum absolute atomic E-state index is 12.8. The molecule has 0 unspecified atom stereocenters. The molecule has 2 N–H and O–H groups in total. The van der Waals surface area contributed by atoms with Gasteiger partial charge < -0.3 is 20.1 Å². The van der Waals surface area contributed by atoms with Gasteiger partial charge in [-0.05, 0) is 54.8 Å². The van der Waals surface area contributed by atoms with Crippen molar-refractivity contribution in [3.05, 3.63) is 76.0 Å². The van der Waals surface area contributed by atoms with Crippen LogP contribution in [-0.4, -0.2) is 26.0 Å². The summed E-state index contributed by atoms with van der Waals surface area (Å²) < 4.78 is 10.7. The number of methoxy groups -OCH3 is 2. The van der Waals surface area contributed by atoms with Crippen molar-refractivity contribution in [1.29, 1.82) is 0 Å². The SMILES string of the molecule is COc1ccc(OC)c([C@@H](C)NC(=O)c2cccc(NC(=O)c3cccs3)c2)c1. The second-order valence-electron chi connectivity index (χ2n) is 6.32. The van der Waals surface area contributed by atoms with Gasteiger partial charge in [-0.2, -0.15) is 0 Å². The third kappa shape index (κ3) is 4.94. The first-order valence-corrected chi connectivity index (χ1v) is 9.87. The highest BCUT2D eigenvalue weighted by Crippen LogP contribution is 2.29. The van der Waals surface area contributed by atoms with Crippen LogP contribution >= 0.6 is 11.3 Å². The molecule has 0 saturated heterocycles. The first-order valence-electron chi connectivity index (χ1n) is 8.99. The number of nitrogens with one attached hydrogen (secondary N) is 2. The second-order valence-corrected chi connectivity index (χ2v) is 7.26. The maximum Gasteiger partial charge on any atom is 0.265 e. The van der Waals surface area contributed by atoms with Gasteiger partial charge in [-0.3, -0.25) is 9.59 Å². The summed E-state index contributed by atoms with van der Waals surface area (Å²) in [5.41, 5.74) is 1.81. The van der Waals surface area contributed by atoms with Crippen molar-refractivity contribution in [3.63, 3.8) is 0 Å². The largest absolute Gasteiger partial charge is 0.497 e. The van der Waals surface area contributed by atoms with Crippen LogP contribution in [0.25, 0.3) is 0 Å². The molecular formula is C22H22N2O4S. The summed E-state index contributed by atoms with van der Waals surface area (Å²) in [6.07, 6.45) is 0. The summed E-state index contributed by atoms with van der Waals surface area (Å²) in [7, 11) is 3.17. The third-order valence-corrected chi connectivity index (χ3v) is 5.25. The molecule has 0 bridgehead atoms. The molecular weight excluding hydrogens is 388 g/mol. The van der Waals surface area contributed by atoms with Crippen molar-refractivity contribution in [1.82, 2.24) is 5.32 Å². The Hall–Kier alpha value is -3.32. The molecule has 29 heavy (non-hydrogen) atoms. The second kappa shape index (κ2) is 9.25. The highest BCUT2D eigenvalue weighted by Gasteiger charge is 2.17. The topological polar surface area (TPSA) is 76.7 Å².